The molecule has 0 saturated heterocycles. The Morgan fingerprint density at radius 1 is 1.42 bits per heavy atom. The first-order valence-corrected chi connectivity index (χ1v) is 7.86. The molecular weight excluding hydrogens is 260 g/mol. The summed E-state index contributed by atoms with van der Waals surface area (Å²) in [7, 11) is 0. The molecule has 0 aromatic heterocycles. The van der Waals surface area contributed by atoms with Crippen molar-refractivity contribution in [2.45, 2.75) is 31.8 Å². The number of carbonyl (C=O) groups is 1. The van der Waals surface area contributed by atoms with Crippen LogP contribution in [-0.2, 0) is 11.2 Å². The second-order valence-corrected chi connectivity index (χ2v) is 6.67. The molecular formula is C15H18O3S. The smallest absolute Gasteiger partial charge is 0.303 e. The predicted octanol–water partition coefficient (Wildman–Crippen LogP) is 2.98. The van der Waals surface area contributed by atoms with Crippen LogP contribution in [0.15, 0.2) is 24.3 Å². The van der Waals surface area contributed by atoms with Crippen molar-refractivity contribution in [3.8, 4) is 5.75 Å². The minimum atomic E-state index is -0.664. The highest BCUT2D eigenvalue weighted by Crippen LogP contribution is 2.51. The van der Waals surface area contributed by atoms with Gasteiger partial charge in [-0.25, -0.2) is 0 Å². The lowest BCUT2D eigenvalue weighted by Crippen LogP contribution is -2.18. The third kappa shape index (κ3) is 3.06. The van der Waals surface area contributed by atoms with E-state index in [1.165, 1.54) is 5.56 Å². The first-order valence-electron chi connectivity index (χ1n) is 6.71. The van der Waals surface area contributed by atoms with Gasteiger partial charge in [0.1, 0.15) is 11.9 Å². The van der Waals surface area contributed by atoms with Gasteiger partial charge in [-0.1, -0.05) is 18.2 Å². The molecule has 0 bridgehead atoms. The molecule has 1 fully saturated rings. The molecule has 3 nitrogen and oxygen atoms in total. The molecule has 3 rings (SSSR count). The van der Waals surface area contributed by atoms with E-state index in [-0.39, 0.29) is 11.5 Å². The average Bonchev–Trinajstić information content (AvgIpc) is 2.99. The zero-order valence-electron chi connectivity index (χ0n) is 10.8. The Bertz CT molecular complexity index is 457. The van der Waals surface area contributed by atoms with Gasteiger partial charge in [-0.05, 0) is 35.6 Å². The van der Waals surface area contributed by atoms with Gasteiger partial charge in [-0.2, -0.15) is 11.8 Å². The molecule has 2 aliphatic rings. The molecule has 1 unspecified atom stereocenters. The minimum absolute atomic E-state index is 0.0853. The molecule has 4 heteroatoms. The Hall–Kier alpha value is -1.16. The SMILES string of the molecule is O=C(O)CC1(CSCC2Cc3ccccc3O2)CC1. The van der Waals surface area contributed by atoms with Gasteiger partial charge >= 0.3 is 5.97 Å². The summed E-state index contributed by atoms with van der Waals surface area (Å²) in [6, 6.07) is 8.18. The fourth-order valence-electron chi connectivity index (χ4n) is 2.62. The zero-order chi connectivity index (χ0) is 13.3. The van der Waals surface area contributed by atoms with E-state index in [1.54, 1.807) is 0 Å². The summed E-state index contributed by atoms with van der Waals surface area (Å²) in [5.41, 5.74) is 1.38. The number of fused-ring (bicyclic) bond motifs is 1. The number of hydrogen-bond donors (Lipinski definition) is 1. The maximum atomic E-state index is 10.8. The highest BCUT2D eigenvalue weighted by Gasteiger charge is 2.44. The third-order valence-corrected chi connectivity index (χ3v) is 5.33. The summed E-state index contributed by atoms with van der Waals surface area (Å²) in [5, 5.41) is 8.88. The van der Waals surface area contributed by atoms with Crippen LogP contribution in [0.2, 0.25) is 0 Å². The number of aliphatic carboxylic acids is 1. The Labute approximate surface area is 117 Å². The van der Waals surface area contributed by atoms with E-state index in [1.807, 2.05) is 30.0 Å². The molecule has 102 valence electrons. The van der Waals surface area contributed by atoms with Crippen LogP contribution in [0.5, 0.6) is 5.75 Å². The van der Waals surface area contributed by atoms with E-state index in [2.05, 4.69) is 6.07 Å². The number of rotatable bonds is 6. The van der Waals surface area contributed by atoms with E-state index in [0.717, 1.165) is 36.5 Å². The zero-order valence-corrected chi connectivity index (χ0v) is 11.6. The molecule has 0 radical (unpaired) electrons. The normalized spacial score (nSPS) is 22.6. The van der Waals surface area contributed by atoms with Gasteiger partial charge in [0.2, 0.25) is 0 Å². The number of carboxylic acids is 1. The quantitative estimate of drug-likeness (QED) is 0.869. The third-order valence-electron chi connectivity index (χ3n) is 3.91. The summed E-state index contributed by atoms with van der Waals surface area (Å²) in [6.45, 7) is 0. The van der Waals surface area contributed by atoms with Crippen molar-refractivity contribution >= 4 is 17.7 Å². The monoisotopic (exact) mass is 278 g/mol. The van der Waals surface area contributed by atoms with Crippen molar-refractivity contribution in [2.75, 3.05) is 11.5 Å². The molecule has 0 spiro atoms. The summed E-state index contributed by atoms with van der Waals surface area (Å²) >= 11 is 1.84. The van der Waals surface area contributed by atoms with Crippen molar-refractivity contribution < 1.29 is 14.6 Å². The van der Waals surface area contributed by atoms with Gasteiger partial charge < -0.3 is 9.84 Å². The lowest BCUT2D eigenvalue weighted by atomic mass is 10.1. The Morgan fingerprint density at radius 3 is 2.89 bits per heavy atom. The van der Waals surface area contributed by atoms with Crippen molar-refractivity contribution in [1.82, 2.24) is 0 Å². The highest BCUT2D eigenvalue weighted by molar-refractivity contribution is 7.99. The van der Waals surface area contributed by atoms with Crippen LogP contribution in [0.1, 0.15) is 24.8 Å². The van der Waals surface area contributed by atoms with Gasteiger partial charge in [0, 0.05) is 12.2 Å². The second-order valence-electron chi connectivity index (χ2n) is 5.64. The van der Waals surface area contributed by atoms with Crippen molar-refractivity contribution in [3.63, 3.8) is 0 Å². The standard InChI is InChI=1S/C15H18O3S/c16-14(17)8-15(5-6-15)10-19-9-12-7-11-3-1-2-4-13(11)18-12/h1-4,12H,5-10H2,(H,16,17). The van der Waals surface area contributed by atoms with E-state index in [4.69, 9.17) is 9.84 Å². The first kappa shape index (κ1) is 12.9. The van der Waals surface area contributed by atoms with Crippen LogP contribution >= 0.6 is 11.8 Å². The molecule has 1 atom stereocenters. The van der Waals surface area contributed by atoms with E-state index in [0.29, 0.717) is 6.42 Å². The number of carboxylic acid groups (broad SMARTS) is 1. The maximum absolute atomic E-state index is 10.8. The molecule has 1 aliphatic carbocycles. The minimum Gasteiger partial charge on any atom is -0.489 e. The van der Waals surface area contributed by atoms with Gasteiger partial charge in [-0.15, -0.1) is 0 Å². The van der Waals surface area contributed by atoms with Gasteiger partial charge in [0.05, 0.1) is 6.42 Å². The van der Waals surface area contributed by atoms with Crippen molar-refractivity contribution in [1.29, 1.82) is 0 Å². The number of benzene rings is 1. The predicted molar refractivity (Wildman–Crippen MR) is 75.8 cm³/mol. The van der Waals surface area contributed by atoms with Crippen LogP contribution in [-0.4, -0.2) is 28.7 Å². The van der Waals surface area contributed by atoms with E-state index < -0.39 is 5.97 Å². The van der Waals surface area contributed by atoms with Crippen LogP contribution < -0.4 is 4.74 Å². The van der Waals surface area contributed by atoms with Crippen LogP contribution in [0.4, 0.5) is 0 Å². The molecule has 1 saturated carbocycles. The van der Waals surface area contributed by atoms with Crippen LogP contribution in [0.25, 0.3) is 0 Å². The van der Waals surface area contributed by atoms with E-state index in [9.17, 15) is 4.79 Å². The van der Waals surface area contributed by atoms with Gasteiger partial charge in [-0.3, -0.25) is 4.79 Å². The molecule has 1 aromatic rings. The fourth-order valence-corrected chi connectivity index (χ4v) is 4.01. The lowest BCUT2D eigenvalue weighted by molar-refractivity contribution is -0.138. The number of para-hydroxylation sites is 1. The largest absolute Gasteiger partial charge is 0.489 e. The molecule has 0 amide bonds. The maximum Gasteiger partial charge on any atom is 0.303 e. The van der Waals surface area contributed by atoms with Crippen LogP contribution in [0.3, 0.4) is 0 Å². The summed E-state index contributed by atoms with van der Waals surface area (Å²) < 4.78 is 5.89. The molecule has 1 aliphatic heterocycles. The van der Waals surface area contributed by atoms with Gasteiger partial charge in [0.25, 0.3) is 0 Å². The lowest BCUT2D eigenvalue weighted by Gasteiger charge is -2.14. The van der Waals surface area contributed by atoms with Crippen LogP contribution in [0, 0.1) is 5.41 Å². The first-order chi connectivity index (χ1) is 9.17. The fraction of sp³-hybridized carbons (Fsp3) is 0.533. The molecule has 1 heterocycles. The molecule has 19 heavy (non-hydrogen) atoms. The number of ether oxygens (including phenoxy) is 1. The topological polar surface area (TPSA) is 46.5 Å². The number of hydrogen-bond acceptors (Lipinski definition) is 3. The molecule has 1 N–H and O–H groups in total. The van der Waals surface area contributed by atoms with Gasteiger partial charge in [0.15, 0.2) is 0 Å². The highest BCUT2D eigenvalue weighted by atomic mass is 32.2. The Kier molecular flexibility index (Phi) is 3.44. The summed E-state index contributed by atoms with van der Waals surface area (Å²) in [4.78, 5) is 10.8. The second kappa shape index (κ2) is 5.08. The molecule has 1 aromatic carbocycles. The summed E-state index contributed by atoms with van der Waals surface area (Å²) in [5.74, 6) is 2.26. The number of thioether (sulfide) groups is 1. The Balaban J connectivity index is 1.44. The van der Waals surface area contributed by atoms with E-state index >= 15 is 0 Å². The Morgan fingerprint density at radius 2 is 2.21 bits per heavy atom. The summed E-state index contributed by atoms with van der Waals surface area (Å²) in [6.07, 6.45) is 3.69. The average molecular weight is 278 g/mol. The van der Waals surface area contributed by atoms with Crippen molar-refractivity contribution in [3.05, 3.63) is 29.8 Å². The van der Waals surface area contributed by atoms with Crippen molar-refractivity contribution in [2.24, 2.45) is 5.41 Å².